The minimum absolute atomic E-state index is 0.102. The van der Waals surface area contributed by atoms with Crippen LogP contribution in [0.4, 0.5) is 0 Å². The number of benzene rings is 1. The van der Waals surface area contributed by atoms with Crippen molar-refractivity contribution in [3.05, 3.63) is 29.8 Å². The minimum atomic E-state index is -0.102. The fourth-order valence-corrected chi connectivity index (χ4v) is 2.24. The number of ether oxygens (including phenoxy) is 3. The third-order valence-electron chi connectivity index (χ3n) is 3.51. The maximum atomic E-state index is 6.13. The van der Waals surface area contributed by atoms with Gasteiger partial charge in [-0.05, 0) is 36.5 Å². The van der Waals surface area contributed by atoms with Crippen LogP contribution >= 0.6 is 0 Å². The van der Waals surface area contributed by atoms with E-state index in [0.29, 0.717) is 12.5 Å². The van der Waals surface area contributed by atoms with E-state index in [4.69, 9.17) is 19.9 Å². The minimum Gasteiger partial charge on any atom is -0.497 e. The van der Waals surface area contributed by atoms with Crippen LogP contribution in [0.5, 0.6) is 5.75 Å². The van der Waals surface area contributed by atoms with Crippen LogP contribution in [0.1, 0.15) is 24.4 Å². The first-order valence-electron chi connectivity index (χ1n) is 6.84. The Balaban J connectivity index is 1.75. The van der Waals surface area contributed by atoms with E-state index in [-0.39, 0.29) is 6.04 Å². The van der Waals surface area contributed by atoms with Gasteiger partial charge in [0.15, 0.2) is 0 Å². The highest BCUT2D eigenvalue weighted by atomic mass is 16.5. The summed E-state index contributed by atoms with van der Waals surface area (Å²) in [5.74, 6) is 1.45. The molecule has 1 saturated heterocycles. The third kappa shape index (κ3) is 4.49. The van der Waals surface area contributed by atoms with E-state index in [0.717, 1.165) is 44.0 Å². The normalized spacial score (nSPS) is 18.2. The summed E-state index contributed by atoms with van der Waals surface area (Å²) in [6.45, 7) is 3.04. The van der Waals surface area contributed by atoms with Crippen molar-refractivity contribution in [2.24, 2.45) is 11.7 Å². The molecule has 1 fully saturated rings. The molecule has 1 aliphatic heterocycles. The molecule has 1 aromatic carbocycles. The predicted octanol–water partition coefficient (Wildman–Crippen LogP) is 2.14. The SMILES string of the molecule is COc1cccc(C(N)COCC2CCOCC2)c1. The molecule has 4 heteroatoms. The number of rotatable bonds is 6. The largest absolute Gasteiger partial charge is 0.497 e. The Morgan fingerprint density at radius 1 is 1.37 bits per heavy atom. The molecule has 0 saturated carbocycles. The van der Waals surface area contributed by atoms with Gasteiger partial charge in [-0.3, -0.25) is 0 Å². The molecular formula is C15H23NO3. The van der Waals surface area contributed by atoms with Gasteiger partial charge in [0.1, 0.15) is 5.75 Å². The third-order valence-corrected chi connectivity index (χ3v) is 3.51. The number of nitrogens with two attached hydrogens (primary N) is 1. The van der Waals surface area contributed by atoms with Crippen LogP contribution in [0.2, 0.25) is 0 Å². The van der Waals surface area contributed by atoms with Crippen LogP contribution in [-0.2, 0) is 9.47 Å². The van der Waals surface area contributed by atoms with Gasteiger partial charge in [0.05, 0.1) is 19.8 Å². The molecule has 0 aromatic heterocycles. The summed E-state index contributed by atoms with van der Waals surface area (Å²) in [6.07, 6.45) is 2.18. The van der Waals surface area contributed by atoms with Crippen LogP contribution < -0.4 is 10.5 Å². The second-order valence-electron chi connectivity index (χ2n) is 4.98. The van der Waals surface area contributed by atoms with Crippen molar-refractivity contribution >= 4 is 0 Å². The Morgan fingerprint density at radius 2 is 2.16 bits per heavy atom. The van der Waals surface area contributed by atoms with E-state index in [1.807, 2.05) is 24.3 Å². The van der Waals surface area contributed by atoms with E-state index >= 15 is 0 Å². The van der Waals surface area contributed by atoms with Gasteiger partial charge < -0.3 is 19.9 Å². The van der Waals surface area contributed by atoms with E-state index < -0.39 is 0 Å². The number of hydrogen-bond donors (Lipinski definition) is 1. The average molecular weight is 265 g/mol. The standard InChI is InChI=1S/C15H23NO3/c1-17-14-4-2-3-13(9-14)15(16)11-19-10-12-5-7-18-8-6-12/h2-4,9,12,15H,5-8,10-11,16H2,1H3. The zero-order valence-electron chi connectivity index (χ0n) is 11.5. The van der Waals surface area contributed by atoms with Crippen LogP contribution in [0.15, 0.2) is 24.3 Å². The van der Waals surface area contributed by atoms with Crippen molar-refractivity contribution in [2.75, 3.05) is 33.5 Å². The molecule has 0 amide bonds. The number of hydrogen-bond acceptors (Lipinski definition) is 4. The van der Waals surface area contributed by atoms with Gasteiger partial charge in [0, 0.05) is 19.8 Å². The molecule has 1 heterocycles. The van der Waals surface area contributed by atoms with Gasteiger partial charge in [-0.25, -0.2) is 0 Å². The topological polar surface area (TPSA) is 53.7 Å². The molecule has 0 spiro atoms. The molecule has 2 rings (SSSR count). The van der Waals surface area contributed by atoms with Gasteiger partial charge in [0.25, 0.3) is 0 Å². The smallest absolute Gasteiger partial charge is 0.119 e. The van der Waals surface area contributed by atoms with Crippen molar-refractivity contribution in [3.63, 3.8) is 0 Å². The first-order valence-corrected chi connectivity index (χ1v) is 6.84. The van der Waals surface area contributed by atoms with Gasteiger partial charge in [0.2, 0.25) is 0 Å². The summed E-state index contributed by atoms with van der Waals surface area (Å²) >= 11 is 0. The Hall–Kier alpha value is -1.10. The van der Waals surface area contributed by atoms with Crippen LogP contribution in [-0.4, -0.2) is 33.5 Å². The molecule has 0 radical (unpaired) electrons. The molecule has 0 aliphatic carbocycles. The zero-order valence-corrected chi connectivity index (χ0v) is 11.5. The van der Waals surface area contributed by atoms with Gasteiger partial charge in [-0.1, -0.05) is 12.1 Å². The van der Waals surface area contributed by atoms with E-state index in [2.05, 4.69) is 0 Å². The molecule has 1 aliphatic rings. The maximum Gasteiger partial charge on any atom is 0.119 e. The average Bonchev–Trinajstić information content (AvgIpc) is 2.48. The van der Waals surface area contributed by atoms with Crippen molar-refractivity contribution in [3.8, 4) is 5.75 Å². The van der Waals surface area contributed by atoms with Gasteiger partial charge >= 0.3 is 0 Å². The molecule has 0 bridgehead atoms. The van der Waals surface area contributed by atoms with Crippen molar-refractivity contribution in [1.29, 1.82) is 0 Å². The van der Waals surface area contributed by atoms with Crippen LogP contribution in [0, 0.1) is 5.92 Å². The van der Waals surface area contributed by atoms with E-state index in [1.54, 1.807) is 7.11 Å². The molecular weight excluding hydrogens is 242 g/mol. The zero-order chi connectivity index (χ0) is 13.5. The Morgan fingerprint density at radius 3 is 2.89 bits per heavy atom. The summed E-state index contributed by atoms with van der Waals surface area (Å²) in [4.78, 5) is 0. The summed E-state index contributed by atoms with van der Waals surface area (Å²) in [5.41, 5.74) is 7.18. The van der Waals surface area contributed by atoms with Crippen LogP contribution in [0.3, 0.4) is 0 Å². The lowest BCUT2D eigenvalue weighted by molar-refractivity contribution is 0.0174. The quantitative estimate of drug-likeness (QED) is 0.856. The second kappa shape index (κ2) is 7.48. The molecule has 1 unspecified atom stereocenters. The van der Waals surface area contributed by atoms with Gasteiger partial charge in [-0.2, -0.15) is 0 Å². The van der Waals surface area contributed by atoms with Crippen molar-refractivity contribution in [1.82, 2.24) is 0 Å². The van der Waals surface area contributed by atoms with Crippen LogP contribution in [0.25, 0.3) is 0 Å². The monoisotopic (exact) mass is 265 g/mol. The molecule has 19 heavy (non-hydrogen) atoms. The van der Waals surface area contributed by atoms with E-state index in [1.165, 1.54) is 0 Å². The highest BCUT2D eigenvalue weighted by Crippen LogP contribution is 2.19. The fourth-order valence-electron chi connectivity index (χ4n) is 2.24. The fraction of sp³-hybridized carbons (Fsp3) is 0.600. The summed E-state index contributed by atoms with van der Waals surface area (Å²) in [6, 6.07) is 7.73. The number of methoxy groups -OCH3 is 1. The molecule has 1 atom stereocenters. The molecule has 4 nitrogen and oxygen atoms in total. The lowest BCUT2D eigenvalue weighted by atomic mass is 10.0. The maximum absolute atomic E-state index is 6.13. The molecule has 1 aromatic rings. The Kier molecular flexibility index (Phi) is 5.63. The highest BCUT2D eigenvalue weighted by molar-refractivity contribution is 5.30. The lowest BCUT2D eigenvalue weighted by Crippen LogP contribution is -2.23. The first kappa shape index (κ1) is 14.3. The highest BCUT2D eigenvalue weighted by Gasteiger charge is 2.15. The lowest BCUT2D eigenvalue weighted by Gasteiger charge is -2.22. The van der Waals surface area contributed by atoms with Crippen molar-refractivity contribution < 1.29 is 14.2 Å². The predicted molar refractivity (Wildman–Crippen MR) is 74.3 cm³/mol. The molecule has 2 N–H and O–H groups in total. The Labute approximate surface area is 114 Å². The van der Waals surface area contributed by atoms with Gasteiger partial charge in [-0.15, -0.1) is 0 Å². The van der Waals surface area contributed by atoms with Crippen molar-refractivity contribution in [2.45, 2.75) is 18.9 Å². The summed E-state index contributed by atoms with van der Waals surface area (Å²) in [7, 11) is 1.66. The second-order valence-corrected chi connectivity index (χ2v) is 4.98. The first-order chi connectivity index (χ1) is 9.29. The summed E-state index contributed by atoms with van der Waals surface area (Å²) in [5, 5.41) is 0. The summed E-state index contributed by atoms with van der Waals surface area (Å²) < 4.78 is 16.3. The Bertz CT molecular complexity index is 377. The van der Waals surface area contributed by atoms with E-state index in [9.17, 15) is 0 Å². The molecule has 106 valence electrons.